The molecule has 0 radical (unpaired) electrons. The number of carboxylic acids is 1. The molecule has 0 atom stereocenters. The molecule has 0 aromatic heterocycles. The molecule has 0 heterocycles. The zero-order chi connectivity index (χ0) is 12.2. The number of aliphatic carboxylic acids is 1. The standard InChI is InChI=1S/C14H24O2/c1-11(2)14(10-12(3)13(15)16)8-6-4-5-7-9-14/h10-11H,4-9H2,1-3H3,(H,15,16). The normalized spacial score (nSPS) is 21.9. The average Bonchev–Trinajstić information content (AvgIpc) is 2.44. The van der Waals surface area contributed by atoms with Gasteiger partial charge in [0.25, 0.3) is 0 Å². The minimum Gasteiger partial charge on any atom is -0.478 e. The van der Waals surface area contributed by atoms with Gasteiger partial charge in [-0.3, -0.25) is 0 Å². The van der Waals surface area contributed by atoms with E-state index in [0.29, 0.717) is 11.5 Å². The summed E-state index contributed by atoms with van der Waals surface area (Å²) in [7, 11) is 0. The van der Waals surface area contributed by atoms with E-state index < -0.39 is 5.97 Å². The van der Waals surface area contributed by atoms with Crippen molar-refractivity contribution in [3.8, 4) is 0 Å². The maximum atomic E-state index is 11.0. The minimum atomic E-state index is -0.774. The maximum Gasteiger partial charge on any atom is 0.330 e. The van der Waals surface area contributed by atoms with Crippen molar-refractivity contribution in [2.45, 2.75) is 59.3 Å². The van der Waals surface area contributed by atoms with Gasteiger partial charge in [-0.1, -0.05) is 45.6 Å². The molecule has 1 rings (SSSR count). The summed E-state index contributed by atoms with van der Waals surface area (Å²) in [6, 6.07) is 0. The van der Waals surface area contributed by atoms with E-state index in [1.807, 2.05) is 6.08 Å². The second-order valence-corrected chi connectivity index (χ2v) is 5.43. The van der Waals surface area contributed by atoms with Crippen LogP contribution in [0.25, 0.3) is 0 Å². The summed E-state index contributed by atoms with van der Waals surface area (Å²) in [6.45, 7) is 6.16. The predicted molar refractivity (Wildman–Crippen MR) is 66.4 cm³/mol. The fourth-order valence-electron chi connectivity index (χ4n) is 2.77. The molecule has 1 fully saturated rings. The minimum absolute atomic E-state index is 0.124. The molecule has 16 heavy (non-hydrogen) atoms. The van der Waals surface area contributed by atoms with Crippen molar-refractivity contribution in [3.63, 3.8) is 0 Å². The summed E-state index contributed by atoms with van der Waals surface area (Å²) in [4.78, 5) is 11.0. The lowest BCUT2D eigenvalue weighted by atomic mass is 9.70. The van der Waals surface area contributed by atoms with Gasteiger partial charge in [0, 0.05) is 5.57 Å². The Morgan fingerprint density at radius 2 is 1.69 bits per heavy atom. The quantitative estimate of drug-likeness (QED) is 0.581. The highest BCUT2D eigenvalue weighted by molar-refractivity contribution is 5.85. The molecule has 0 aromatic rings. The van der Waals surface area contributed by atoms with Crippen LogP contribution in [0.3, 0.4) is 0 Å². The fraction of sp³-hybridized carbons (Fsp3) is 0.786. The van der Waals surface area contributed by atoms with E-state index in [9.17, 15) is 4.79 Å². The fourth-order valence-corrected chi connectivity index (χ4v) is 2.77. The van der Waals surface area contributed by atoms with Crippen molar-refractivity contribution in [1.29, 1.82) is 0 Å². The third-order valence-electron chi connectivity index (χ3n) is 4.03. The third-order valence-corrected chi connectivity index (χ3v) is 4.03. The summed E-state index contributed by atoms with van der Waals surface area (Å²) >= 11 is 0. The Morgan fingerprint density at radius 1 is 1.19 bits per heavy atom. The Morgan fingerprint density at radius 3 is 2.06 bits per heavy atom. The highest BCUT2D eigenvalue weighted by Gasteiger charge is 2.32. The van der Waals surface area contributed by atoms with Gasteiger partial charge >= 0.3 is 5.97 Å². The molecular weight excluding hydrogens is 200 g/mol. The highest BCUT2D eigenvalue weighted by atomic mass is 16.4. The van der Waals surface area contributed by atoms with E-state index in [-0.39, 0.29) is 5.41 Å². The van der Waals surface area contributed by atoms with Crippen LogP contribution in [0.4, 0.5) is 0 Å². The molecule has 92 valence electrons. The zero-order valence-corrected chi connectivity index (χ0v) is 10.8. The van der Waals surface area contributed by atoms with Crippen LogP contribution in [0.2, 0.25) is 0 Å². The number of hydrogen-bond donors (Lipinski definition) is 1. The summed E-state index contributed by atoms with van der Waals surface area (Å²) in [6.07, 6.45) is 9.40. The molecule has 2 heteroatoms. The Kier molecular flexibility index (Phi) is 4.57. The molecule has 1 N–H and O–H groups in total. The Labute approximate surface area is 98.7 Å². The van der Waals surface area contributed by atoms with Gasteiger partial charge < -0.3 is 5.11 Å². The molecule has 0 spiro atoms. The van der Waals surface area contributed by atoms with Crippen LogP contribution < -0.4 is 0 Å². The second kappa shape index (κ2) is 5.51. The number of carbonyl (C=O) groups is 1. The number of hydrogen-bond acceptors (Lipinski definition) is 1. The van der Waals surface area contributed by atoms with Gasteiger partial charge in [0.2, 0.25) is 0 Å². The molecule has 1 saturated carbocycles. The molecule has 0 aromatic carbocycles. The summed E-state index contributed by atoms with van der Waals surface area (Å²) < 4.78 is 0. The van der Waals surface area contributed by atoms with E-state index in [0.717, 1.165) is 12.8 Å². The van der Waals surface area contributed by atoms with Crippen molar-refractivity contribution in [3.05, 3.63) is 11.6 Å². The summed E-state index contributed by atoms with van der Waals surface area (Å²) in [5.74, 6) is -0.246. The molecule has 0 amide bonds. The van der Waals surface area contributed by atoms with Crippen LogP contribution >= 0.6 is 0 Å². The SMILES string of the molecule is CC(=CC1(C(C)C)CCCCCC1)C(=O)O. The maximum absolute atomic E-state index is 11.0. The Hall–Kier alpha value is -0.790. The van der Waals surface area contributed by atoms with E-state index in [2.05, 4.69) is 13.8 Å². The lowest BCUT2D eigenvalue weighted by molar-refractivity contribution is -0.132. The molecule has 0 unspecified atom stereocenters. The molecule has 1 aliphatic carbocycles. The molecule has 1 aliphatic rings. The van der Waals surface area contributed by atoms with Crippen molar-refractivity contribution in [2.75, 3.05) is 0 Å². The van der Waals surface area contributed by atoms with Gasteiger partial charge in [-0.05, 0) is 31.1 Å². The topological polar surface area (TPSA) is 37.3 Å². The smallest absolute Gasteiger partial charge is 0.330 e. The first kappa shape index (κ1) is 13.3. The first-order chi connectivity index (χ1) is 7.48. The van der Waals surface area contributed by atoms with Crippen LogP contribution in [0.5, 0.6) is 0 Å². The first-order valence-corrected chi connectivity index (χ1v) is 6.41. The van der Waals surface area contributed by atoms with E-state index >= 15 is 0 Å². The van der Waals surface area contributed by atoms with Crippen LogP contribution in [-0.4, -0.2) is 11.1 Å². The Balaban J connectivity index is 2.95. The molecule has 0 saturated heterocycles. The molecular formula is C14H24O2. The molecule has 2 nitrogen and oxygen atoms in total. The third kappa shape index (κ3) is 3.10. The lowest BCUT2D eigenvalue weighted by Gasteiger charge is -2.34. The zero-order valence-electron chi connectivity index (χ0n) is 10.8. The van der Waals surface area contributed by atoms with Crippen LogP contribution in [-0.2, 0) is 4.79 Å². The Bertz CT molecular complexity index is 268. The predicted octanol–water partition coefficient (Wildman–Crippen LogP) is 4.01. The van der Waals surface area contributed by atoms with Crippen molar-refractivity contribution >= 4 is 5.97 Å². The second-order valence-electron chi connectivity index (χ2n) is 5.43. The van der Waals surface area contributed by atoms with E-state index in [1.54, 1.807) is 6.92 Å². The van der Waals surface area contributed by atoms with Gasteiger partial charge in [-0.2, -0.15) is 0 Å². The van der Waals surface area contributed by atoms with Gasteiger partial charge in [-0.15, -0.1) is 0 Å². The number of allylic oxidation sites excluding steroid dienone is 1. The molecule has 0 aliphatic heterocycles. The summed E-state index contributed by atoms with van der Waals surface area (Å²) in [5, 5.41) is 9.01. The van der Waals surface area contributed by atoms with Gasteiger partial charge in [-0.25, -0.2) is 4.79 Å². The van der Waals surface area contributed by atoms with E-state index in [4.69, 9.17) is 5.11 Å². The van der Waals surface area contributed by atoms with Gasteiger partial charge in [0.1, 0.15) is 0 Å². The lowest BCUT2D eigenvalue weighted by Crippen LogP contribution is -2.25. The van der Waals surface area contributed by atoms with Crippen molar-refractivity contribution in [1.82, 2.24) is 0 Å². The highest BCUT2D eigenvalue weighted by Crippen LogP contribution is 2.43. The van der Waals surface area contributed by atoms with E-state index in [1.165, 1.54) is 25.7 Å². The van der Waals surface area contributed by atoms with Crippen LogP contribution in [0.1, 0.15) is 59.3 Å². The van der Waals surface area contributed by atoms with Crippen molar-refractivity contribution < 1.29 is 9.90 Å². The van der Waals surface area contributed by atoms with Crippen molar-refractivity contribution in [2.24, 2.45) is 11.3 Å². The first-order valence-electron chi connectivity index (χ1n) is 6.41. The van der Waals surface area contributed by atoms with Crippen LogP contribution in [0.15, 0.2) is 11.6 Å². The van der Waals surface area contributed by atoms with Gasteiger partial charge in [0.15, 0.2) is 0 Å². The number of rotatable bonds is 3. The largest absolute Gasteiger partial charge is 0.478 e. The van der Waals surface area contributed by atoms with Crippen LogP contribution in [0, 0.1) is 11.3 Å². The average molecular weight is 224 g/mol. The number of carboxylic acid groups (broad SMARTS) is 1. The summed E-state index contributed by atoms with van der Waals surface area (Å²) in [5.41, 5.74) is 0.634. The molecule has 0 bridgehead atoms. The van der Waals surface area contributed by atoms with Gasteiger partial charge in [0.05, 0.1) is 0 Å². The monoisotopic (exact) mass is 224 g/mol.